The van der Waals surface area contributed by atoms with Crippen molar-refractivity contribution in [2.75, 3.05) is 0 Å². The van der Waals surface area contributed by atoms with E-state index in [-0.39, 0.29) is 0 Å². The molecule has 0 aliphatic rings. The molecule has 0 bridgehead atoms. The fourth-order valence-electron chi connectivity index (χ4n) is 0.871. The molecule has 0 amide bonds. The van der Waals surface area contributed by atoms with E-state index in [1.165, 1.54) is 4.85 Å². The minimum absolute atomic E-state index is 0.515. The molecule has 0 unspecified atom stereocenters. The number of hydrogen-bond acceptors (Lipinski definition) is 3. The first-order valence-electron chi connectivity index (χ1n) is 4.30. The van der Waals surface area contributed by atoms with Crippen LogP contribution >= 0.6 is 0 Å². The summed E-state index contributed by atoms with van der Waals surface area (Å²) in [6.07, 6.45) is 1.91. The maximum absolute atomic E-state index is 4.04. The molecule has 1 aromatic heterocycles. The SMILES string of the molecule is C/C(N=N[CH]=[V])=N\N=c1/ccccn1C. The summed E-state index contributed by atoms with van der Waals surface area (Å²) in [7, 11) is 1.91. The van der Waals surface area contributed by atoms with E-state index in [0.717, 1.165) is 5.49 Å². The van der Waals surface area contributed by atoms with Crippen LogP contribution in [-0.4, -0.2) is 15.3 Å². The fraction of sp³-hybridized carbons (Fsp3) is 0.222. The summed E-state index contributed by atoms with van der Waals surface area (Å²) in [4.78, 5) is 1.54. The van der Waals surface area contributed by atoms with Crippen LogP contribution in [0.1, 0.15) is 6.92 Å². The zero-order chi connectivity index (χ0) is 11.1. The molecule has 15 heavy (non-hydrogen) atoms. The second-order valence-corrected chi connectivity index (χ2v) is 3.11. The molecule has 0 N–H and O–H groups in total. The van der Waals surface area contributed by atoms with Gasteiger partial charge in [-0.25, -0.2) is 0 Å². The van der Waals surface area contributed by atoms with Crippen LogP contribution in [0.25, 0.3) is 0 Å². The number of amidine groups is 1. The third-order valence-corrected chi connectivity index (χ3v) is 1.74. The van der Waals surface area contributed by atoms with Gasteiger partial charge in [-0.1, -0.05) is 0 Å². The number of aryl methyl sites for hydroxylation is 1. The number of rotatable bonds is 2. The third kappa shape index (κ3) is 4.14. The van der Waals surface area contributed by atoms with Crippen molar-refractivity contribution in [1.82, 2.24) is 4.57 Å². The van der Waals surface area contributed by atoms with Gasteiger partial charge in [0.25, 0.3) is 0 Å². The molecule has 1 aromatic rings. The summed E-state index contributed by atoms with van der Waals surface area (Å²) < 4.78 is 1.87. The predicted octanol–water partition coefficient (Wildman–Crippen LogP) is 1.02. The van der Waals surface area contributed by atoms with E-state index in [1.807, 2.05) is 36.0 Å². The van der Waals surface area contributed by atoms with E-state index in [9.17, 15) is 0 Å². The van der Waals surface area contributed by atoms with Gasteiger partial charge in [0, 0.05) is 0 Å². The van der Waals surface area contributed by atoms with Gasteiger partial charge in [-0.3, -0.25) is 0 Å². The number of aromatic nitrogens is 1. The second kappa shape index (κ2) is 6.21. The minimum atomic E-state index is 0.515. The summed E-state index contributed by atoms with van der Waals surface area (Å²) in [5, 5.41) is 15.4. The Kier molecular flexibility index (Phi) is 4.87. The van der Waals surface area contributed by atoms with Crippen molar-refractivity contribution in [2.45, 2.75) is 6.92 Å². The molecule has 1 heterocycles. The van der Waals surface area contributed by atoms with Crippen LogP contribution in [0.5, 0.6) is 0 Å². The number of hydrogen-bond donors (Lipinski definition) is 0. The van der Waals surface area contributed by atoms with E-state index < -0.39 is 0 Å². The van der Waals surface area contributed by atoms with Crippen LogP contribution < -0.4 is 5.49 Å². The molecule has 5 nitrogen and oxygen atoms in total. The summed E-state index contributed by atoms with van der Waals surface area (Å²) in [6, 6.07) is 5.71. The quantitative estimate of drug-likeness (QED) is 0.321. The van der Waals surface area contributed by atoms with E-state index in [0.29, 0.717) is 5.84 Å². The molecule has 0 aliphatic carbocycles. The van der Waals surface area contributed by atoms with E-state index in [1.54, 1.807) is 6.92 Å². The van der Waals surface area contributed by atoms with Crippen LogP contribution in [0.3, 0.4) is 0 Å². The Balaban J connectivity index is 2.94. The molecular formula is C9H11N5V. The average molecular weight is 240 g/mol. The Morgan fingerprint density at radius 3 is 2.93 bits per heavy atom. The Labute approximate surface area is 96.8 Å². The van der Waals surface area contributed by atoms with Crippen molar-refractivity contribution in [1.29, 1.82) is 0 Å². The van der Waals surface area contributed by atoms with Crippen molar-refractivity contribution in [2.24, 2.45) is 27.5 Å². The van der Waals surface area contributed by atoms with Gasteiger partial charge >= 0.3 is 96.5 Å². The van der Waals surface area contributed by atoms with Gasteiger partial charge in [0.2, 0.25) is 0 Å². The van der Waals surface area contributed by atoms with Gasteiger partial charge in [0.15, 0.2) is 0 Å². The van der Waals surface area contributed by atoms with Crippen LogP contribution in [-0.2, 0) is 24.0 Å². The van der Waals surface area contributed by atoms with Gasteiger partial charge in [-0.15, -0.1) is 0 Å². The predicted molar refractivity (Wildman–Crippen MR) is 55.0 cm³/mol. The molecule has 0 spiro atoms. The summed E-state index contributed by atoms with van der Waals surface area (Å²) in [6.45, 7) is 1.74. The van der Waals surface area contributed by atoms with E-state index >= 15 is 0 Å². The van der Waals surface area contributed by atoms with Gasteiger partial charge in [0.1, 0.15) is 0 Å². The van der Waals surface area contributed by atoms with Gasteiger partial charge in [-0.2, -0.15) is 0 Å². The van der Waals surface area contributed by atoms with Crippen molar-refractivity contribution in [3.63, 3.8) is 0 Å². The molecule has 77 valence electrons. The van der Waals surface area contributed by atoms with Crippen molar-refractivity contribution in [3.8, 4) is 0 Å². The zero-order valence-corrected chi connectivity index (χ0v) is 9.97. The Morgan fingerprint density at radius 2 is 2.27 bits per heavy atom. The van der Waals surface area contributed by atoms with Crippen molar-refractivity contribution in [3.05, 3.63) is 29.9 Å². The topological polar surface area (TPSA) is 54.4 Å². The van der Waals surface area contributed by atoms with Crippen LogP contribution in [0.4, 0.5) is 0 Å². The number of azo groups is 1. The summed E-state index contributed by atoms with van der Waals surface area (Å²) in [5.74, 6) is 0.515. The Morgan fingerprint density at radius 1 is 1.47 bits per heavy atom. The fourth-order valence-corrected chi connectivity index (χ4v) is 0.952. The summed E-state index contributed by atoms with van der Waals surface area (Å²) >= 11 is 2.20. The molecule has 0 saturated heterocycles. The zero-order valence-electron chi connectivity index (χ0n) is 8.57. The monoisotopic (exact) mass is 240 g/mol. The molecule has 0 aliphatic heterocycles. The molecule has 0 saturated carbocycles. The second-order valence-electron chi connectivity index (χ2n) is 2.75. The first kappa shape index (κ1) is 11.7. The molecule has 1 rings (SSSR count). The molecule has 0 aromatic carbocycles. The Bertz CT molecular complexity index is 458. The van der Waals surface area contributed by atoms with Crippen molar-refractivity contribution < 1.29 is 17.0 Å². The molecule has 0 fully saturated rings. The third-order valence-electron chi connectivity index (χ3n) is 1.58. The molecule has 6 heteroatoms. The van der Waals surface area contributed by atoms with Gasteiger partial charge < -0.3 is 0 Å². The number of nitrogens with zero attached hydrogens (tertiary/aromatic N) is 5. The van der Waals surface area contributed by atoms with Crippen LogP contribution in [0.15, 0.2) is 44.8 Å². The Hall–Kier alpha value is -1.33. The van der Waals surface area contributed by atoms with Gasteiger partial charge in [0.05, 0.1) is 0 Å². The van der Waals surface area contributed by atoms with Gasteiger partial charge in [-0.05, 0) is 0 Å². The standard InChI is InChI=1S/C9H11N5.V/c1-8(11-10-2)12-13-9-6-4-5-7-14(9)3;/h2,4-7H,1,3H3;/b11-10?,12-8+,13-9+;. The normalized spacial score (nSPS) is 13.4. The van der Waals surface area contributed by atoms with E-state index in [4.69, 9.17) is 0 Å². The average Bonchev–Trinajstić information content (AvgIpc) is 2.25. The maximum atomic E-state index is 4.04. The molecule has 0 radical (unpaired) electrons. The summed E-state index contributed by atoms with van der Waals surface area (Å²) in [5.41, 5.74) is 0.767. The van der Waals surface area contributed by atoms with Crippen molar-refractivity contribution >= 4 is 10.7 Å². The molecular weight excluding hydrogens is 229 g/mol. The first-order valence-corrected chi connectivity index (χ1v) is 5.11. The first-order chi connectivity index (χ1) is 7.24. The van der Waals surface area contributed by atoms with Crippen LogP contribution in [0, 0.1) is 0 Å². The van der Waals surface area contributed by atoms with Crippen LogP contribution in [0.2, 0.25) is 0 Å². The molecule has 0 atom stereocenters. The van der Waals surface area contributed by atoms with E-state index in [2.05, 4.69) is 37.4 Å². The number of pyridine rings is 1.